The predicted octanol–water partition coefficient (Wildman–Crippen LogP) is 3.81. The lowest BCUT2D eigenvalue weighted by molar-refractivity contribution is -0.123. The molecule has 0 saturated heterocycles. The van der Waals surface area contributed by atoms with E-state index in [0.717, 1.165) is 22.3 Å². The van der Waals surface area contributed by atoms with Gasteiger partial charge in [0.2, 0.25) is 0 Å². The summed E-state index contributed by atoms with van der Waals surface area (Å²) < 4.78 is 5.67. The Kier molecular flexibility index (Phi) is 6.07. The van der Waals surface area contributed by atoms with Crippen molar-refractivity contribution in [2.75, 3.05) is 6.61 Å². The maximum atomic E-state index is 12.2. The Morgan fingerprint density at radius 2 is 1.46 bits per heavy atom. The number of para-hydroxylation sites is 1. The fourth-order valence-electron chi connectivity index (χ4n) is 2.93. The van der Waals surface area contributed by atoms with Crippen molar-refractivity contribution in [2.45, 2.75) is 13.8 Å². The third-order valence-electron chi connectivity index (χ3n) is 4.13. The summed E-state index contributed by atoms with van der Waals surface area (Å²) in [6.45, 7) is 3.62. The highest BCUT2D eigenvalue weighted by atomic mass is 16.5. The SMILES string of the molecule is Cc1cc(C)cc(C(=O)NNC(=O)COc2ccccc2-c2ccccc2)c1. The molecular weight excluding hydrogens is 352 g/mol. The van der Waals surface area contributed by atoms with Gasteiger partial charge in [0.15, 0.2) is 6.61 Å². The van der Waals surface area contributed by atoms with E-state index in [2.05, 4.69) is 10.9 Å². The quantitative estimate of drug-likeness (QED) is 0.668. The third kappa shape index (κ3) is 4.98. The summed E-state index contributed by atoms with van der Waals surface area (Å²) in [7, 11) is 0. The van der Waals surface area contributed by atoms with Gasteiger partial charge in [0.1, 0.15) is 5.75 Å². The van der Waals surface area contributed by atoms with Gasteiger partial charge in [0.05, 0.1) is 0 Å². The highest BCUT2D eigenvalue weighted by Crippen LogP contribution is 2.29. The van der Waals surface area contributed by atoms with Gasteiger partial charge in [-0.1, -0.05) is 65.7 Å². The monoisotopic (exact) mass is 374 g/mol. The van der Waals surface area contributed by atoms with Crippen molar-refractivity contribution in [3.05, 3.63) is 89.5 Å². The van der Waals surface area contributed by atoms with Crippen LogP contribution in [0.1, 0.15) is 21.5 Å². The Balaban J connectivity index is 1.57. The van der Waals surface area contributed by atoms with Gasteiger partial charge in [-0.25, -0.2) is 0 Å². The van der Waals surface area contributed by atoms with E-state index >= 15 is 0 Å². The van der Waals surface area contributed by atoms with Crippen molar-refractivity contribution in [3.8, 4) is 16.9 Å². The van der Waals surface area contributed by atoms with E-state index in [1.165, 1.54) is 0 Å². The summed E-state index contributed by atoms with van der Waals surface area (Å²) >= 11 is 0. The fourth-order valence-corrected chi connectivity index (χ4v) is 2.93. The normalized spacial score (nSPS) is 10.2. The molecule has 3 aromatic carbocycles. The number of aryl methyl sites for hydroxylation is 2. The van der Waals surface area contributed by atoms with E-state index in [-0.39, 0.29) is 12.5 Å². The molecule has 0 aromatic heterocycles. The molecular formula is C23H22N2O3. The van der Waals surface area contributed by atoms with Crippen LogP contribution in [0.3, 0.4) is 0 Å². The first-order valence-corrected chi connectivity index (χ1v) is 8.97. The third-order valence-corrected chi connectivity index (χ3v) is 4.13. The predicted molar refractivity (Wildman–Crippen MR) is 109 cm³/mol. The molecule has 0 bridgehead atoms. The summed E-state index contributed by atoms with van der Waals surface area (Å²) in [6.07, 6.45) is 0. The molecule has 0 aliphatic carbocycles. The van der Waals surface area contributed by atoms with Crippen molar-refractivity contribution in [1.82, 2.24) is 10.9 Å². The molecule has 0 saturated carbocycles. The van der Waals surface area contributed by atoms with E-state index in [0.29, 0.717) is 11.3 Å². The number of ether oxygens (including phenoxy) is 1. The molecule has 0 fully saturated rings. The van der Waals surface area contributed by atoms with E-state index in [1.807, 2.05) is 74.5 Å². The van der Waals surface area contributed by atoms with Crippen LogP contribution in [-0.2, 0) is 4.79 Å². The van der Waals surface area contributed by atoms with Crippen LogP contribution >= 0.6 is 0 Å². The molecule has 5 heteroatoms. The second kappa shape index (κ2) is 8.86. The van der Waals surface area contributed by atoms with Gasteiger partial charge < -0.3 is 4.74 Å². The molecule has 0 heterocycles. The lowest BCUT2D eigenvalue weighted by atomic mass is 10.1. The van der Waals surface area contributed by atoms with Crippen molar-refractivity contribution in [3.63, 3.8) is 0 Å². The lowest BCUT2D eigenvalue weighted by Crippen LogP contribution is -2.43. The van der Waals surface area contributed by atoms with Crippen LogP contribution in [-0.4, -0.2) is 18.4 Å². The summed E-state index contributed by atoms with van der Waals surface area (Å²) in [5.74, 6) is -0.213. The number of rotatable bonds is 5. The van der Waals surface area contributed by atoms with Gasteiger partial charge >= 0.3 is 0 Å². The van der Waals surface area contributed by atoms with E-state index < -0.39 is 5.91 Å². The molecule has 0 aliphatic rings. The number of amides is 2. The number of hydrazine groups is 1. The first-order chi connectivity index (χ1) is 13.5. The number of carbonyl (C=O) groups excluding carboxylic acids is 2. The zero-order valence-electron chi connectivity index (χ0n) is 15.9. The van der Waals surface area contributed by atoms with Crippen molar-refractivity contribution >= 4 is 11.8 Å². The van der Waals surface area contributed by atoms with Crippen LogP contribution in [0.2, 0.25) is 0 Å². The molecule has 0 aliphatic heterocycles. The molecule has 5 nitrogen and oxygen atoms in total. The zero-order chi connectivity index (χ0) is 19.9. The van der Waals surface area contributed by atoms with Crippen LogP contribution in [0.25, 0.3) is 11.1 Å². The summed E-state index contributed by atoms with van der Waals surface area (Å²) in [5, 5.41) is 0. The molecule has 142 valence electrons. The number of benzene rings is 3. The van der Waals surface area contributed by atoms with Gasteiger partial charge in [-0.3, -0.25) is 20.4 Å². The fraction of sp³-hybridized carbons (Fsp3) is 0.130. The highest BCUT2D eigenvalue weighted by molar-refractivity contribution is 5.95. The van der Waals surface area contributed by atoms with Gasteiger partial charge in [0, 0.05) is 11.1 Å². The van der Waals surface area contributed by atoms with Crippen LogP contribution in [0.5, 0.6) is 5.75 Å². The first kappa shape index (κ1) is 19.2. The molecule has 0 atom stereocenters. The lowest BCUT2D eigenvalue weighted by Gasteiger charge is -2.12. The summed E-state index contributed by atoms with van der Waals surface area (Å²) in [6, 6.07) is 22.8. The number of hydrogen-bond donors (Lipinski definition) is 2. The minimum atomic E-state index is -0.444. The van der Waals surface area contributed by atoms with Gasteiger partial charge in [0.25, 0.3) is 11.8 Å². The average molecular weight is 374 g/mol. The number of carbonyl (C=O) groups is 2. The van der Waals surface area contributed by atoms with E-state index in [4.69, 9.17) is 4.74 Å². The maximum absolute atomic E-state index is 12.2. The Bertz CT molecular complexity index is 964. The minimum absolute atomic E-state index is 0.211. The van der Waals surface area contributed by atoms with Gasteiger partial charge in [-0.15, -0.1) is 0 Å². The van der Waals surface area contributed by atoms with E-state index in [9.17, 15) is 9.59 Å². The standard InChI is InChI=1S/C23H22N2O3/c1-16-12-17(2)14-19(13-16)23(27)25-24-22(26)15-28-21-11-7-6-10-20(21)18-8-4-3-5-9-18/h3-14H,15H2,1-2H3,(H,24,26)(H,25,27). The molecule has 2 amide bonds. The van der Waals surface area contributed by atoms with Crippen molar-refractivity contribution in [2.24, 2.45) is 0 Å². The Hall–Kier alpha value is -3.60. The molecule has 3 rings (SSSR count). The Labute approximate surface area is 164 Å². The maximum Gasteiger partial charge on any atom is 0.276 e. The number of hydrogen-bond acceptors (Lipinski definition) is 3. The zero-order valence-corrected chi connectivity index (χ0v) is 15.9. The first-order valence-electron chi connectivity index (χ1n) is 8.97. The molecule has 2 N–H and O–H groups in total. The Morgan fingerprint density at radius 1 is 0.821 bits per heavy atom. The molecule has 0 unspecified atom stereocenters. The van der Waals surface area contributed by atoms with Gasteiger partial charge in [-0.05, 0) is 37.6 Å². The van der Waals surface area contributed by atoms with Gasteiger partial charge in [-0.2, -0.15) is 0 Å². The smallest absolute Gasteiger partial charge is 0.276 e. The molecule has 28 heavy (non-hydrogen) atoms. The molecule has 0 radical (unpaired) electrons. The average Bonchev–Trinajstić information content (AvgIpc) is 2.70. The topological polar surface area (TPSA) is 67.4 Å². The second-order valence-corrected chi connectivity index (χ2v) is 6.53. The van der Waals surface area contributed by atoms with Crippen LogP contribution in [0.4, 0.5) is 0 Å². The Morgan fingerprint density at radius 3 is 2.18 bits per heavy atom. The van der Waals surface area contributed by atoms with Crippen LogP contribution in [0, 0.1) is 13.8 Å². The molecule has 0 spiro atoms. The number of nitrogens with one attached hydrogen (secondary N) is 2. The van der Waals surface area contributed by atoms with Crippen molar-refractivity contribution < 1.29 is 14.3 Å². The van der Waals surface area contributed by atoms with E-state index in [1.54, 1.807) is 12.1 Å². The second-order valence-electron chi connectivity index (χ2n) is 6.53. The highest BCUT2D eigenvalue weighted by Gasteiger charge is 2.11. The van der Waals surface area contributed by atoms with Crippen LogP contribution < -0.4 is 15.6 Å². The summed E-state index contributed by atoms with van der Waals surface area (Å²) in [4.78, 5) is 24.3. The van der Waals surface area contributed by atoms with Crippen LogP contribution in [0.15, 0.2) is 72.8 Å². The largest absolute Gasteiger partial charge is 0.483 e. The summed E-state index contributed by atoms with van der Waals surface area (Å²) in [5.41, 5.74) is 9.16. The minimum Gasteiger partial charge on any atom is -0.483 e. The van der Waals surface area contributed by atoms with Crippen molar-refractivity contribution in [1.29, 1.82) is 0 Å². The molecule has 3 aromatic rings.